The number of carbonyl (C=O) groups is 1. The fraction of sp³-hybridized carbons (Fsp3) is 0.714. The number of hydrogen-bond acceptors (Lipinski definition) is 1. The lowest BCUT2D eigenvalue weighted by Crippen LogP contribution is -2.30. The minimum atomic E-state index is -4.50. The highest BCUT2D eigenvalue weighted by atomic mass is 19.4. The number of rotatable bonds is 3. The fourth-order valence-electron chi connectivity index (χ4n) is 0.864. The normalized spacial score (nSPS) is 14.8. The van der Waals surface area contributed by atoms with Crippen molar-refractivity contribution in [3.63, 3.8) is 0 Å². The SMILES string of the molecule is CCC([C](C)C(F)(F)F)C(=O)O. The van der Waals surface area contributed by atoms with Gasteiger partial charge in [-0.3, -0.25) is 4.79 Å². The average molecular weight is 183 g/mol. The van der Waals surface area contributed by atoms with Gasteiger partial charge in [0.2, 0.25) is 0 Å². The number of hydrogen-bond donors (Lipinski definition) is 1. The molecule has 0 aromatic carbocycles. The van der Waals surface area contributed by atoms with Gasteiger partial charge in [-0.15, -0.1) is 0 Å². The molecule has 0 aliphatic heterocycles. The summed E-state index contributed by atoms with van der Waals surface area (Å²) >= 11 is 0. The topological polar surface area (TPSA) is 37.3 Å². The van der Waals surface area contributed by atoms with Crippen molar-refractivity contribution in [2.45, 2.75) is 26.4 Å². The van der Waals surface area contributed by atoms with Crippen LogP contribution in [-0.4, -0.2) is 17.3 Å². The third-order valence-electron chi connectivity index (χ3n) is 1.68. The fourth-order valence-corrected chi connectivity index (χ4v) is 0.864. The molecule has 0 aliphatic carbocycles. The van der Waals surface area contributed by atoms with Gasteiger partial charge < -0.3 is 5.11 Å². The second-order valence-electron chi connectivity index (χ2n) is 2.48. The van der Waals surface area contributed by atoms with Gasteiger partial charge in [0.1, 0.15) is 0 Å². The molecule has 2 nitrogen and oxygen atoms in total. The molecular formula is C7H10F3O2. The van der Waals surface area contributed by atoms with Gasteiger partial charge in [-0.1, -0.05) is 6.92 Å². The van der Waals surface area contributed by atoms with Crippen LogP contribution in [0.25, 0.3) is 0 Å². The second-order valence-corrected chi connectivity index (χ2v) is 2.48. The molecule has 1 unspecified atom stereocenters. The van der Waals surface area contributed by atoms with Crippen LogP contribution in [0.4, 0.5) is 13.2 Å². The van der Waals surface area contributed by atoms with E-state index >= 15 is 0 Å². The molecule has 0 aliphatic rings. The van der Waals surface area contributed by atoms with Crippen LogP contribution in [0.15, 0.2) is 0 Å². The maximum absolute atomic E-state index is 11.9. The van der Waals surface area contributed by atoms with Gasteiger partial charge in [0.15, 0.2) is 0 Å². The molecule has 0 saturated heterocycles. The van der Waals surface area contributed by atoms with Crippen LogP contribution >= 0.6 is 0 Å². The summed E-state index contributed by atoms with van der Waals surface area (Å²) in [5, 5.41) is 8.39. The molecule has 0 amide bonds. The lowest BCUT2D eigenvalue weighted by molar-refractivity contribution is -0.152. The molecular weight excluding hydrogens is 173 g/mol. The van der Waals surface area contributed by atoms with Crippen molar-refractivity contribution in [3.05, 3.63) is 5.92 Å². The number of halogens is 3. The quantitative estimate of drug-likeness (QED) is 0.728. The van der Waals surface area contributed by atoms with Crippen LogP contribution in [0.5, 0.6) is 0 Å². The Hall–Kier alpha value is -0.740. The van der Waals surface area contributed by atoms with E-state index in [2.05, 4.69) is 0 Å². The molecule has 1 atom stereocenters. The highest BCUT2D eigenvalue weighted by molar-refractivity contribution is 5.72. The van der Waals surface area contributed by atoms with Crippen LogP contribution in [0.1, 0.15) is 20.3 Å². The Kier molecular flexibility index (Phi) is 3.55. The van der Waals surface area contributed by atoms with Gasteiger partial charge in [-0.25, -0.2) is 0 Å². The molecule has 0 fully saturated rings. The smallest absolute Gasteiger partial charge is 0.395 e. The number of carboxylic acid groups (broad SMARTS) is 1. The van der Waals surface area contributed by atoms with E-state index in [0.717, 1.165) is 6.92 Å². The van der Waals surface area contributed by atoms with Crippen LogP contribution < -0.4 is 0 Å². The molecule has 5 heteroatoms. The number of aliphatic carboxylic acids is 1. The minimum absolute atomic E-state index is 0.0410. The number of alkyl halides is 3. The van der Waals surface area contributed by atoms with Crippen molar-refractivity contribution >= 4 is 5.97 Å². The summed E-state index contributed by atoms with van der Waals surface area (Å²) < 4.78 is 35.8. The summed E-state index contributed by atoms with van der Waals surface area (Å²) in [4.78, 5) is 10.3. The van der Waals surface area contributed by atoms with E-state index < -0.39 is 24.0 Å². The zero-order valence-electron chi connectivity index (χ0n) is 6.77. The molecule has 0 bridgehead atoms. The summed E-state index contributed by atoms with van der Waals surface area (Å²) in [5.74, 6) is -3.78. The predicted molar refractivity (Wildman–Crippen MR) is 36.4 cm³/mol. The van der Waals surface area contributed by atoms with E-state index in [1.54, 1.807) is 0 Å². The van der Waals surface area contributed by atoms with Crippen molar-refractivity contribution in [1.82, 2.24) is 0 Å². The Morgan fingerprint density at radius 3 is 2.00 bits per heavy atom. The molecule has 1 radical (unpaired) electrons. The van der Waals surface area contributed by atoms with Crippen LogP contribution in [0, 0.1) is 11.8 Å². The molecule has 71 valence electrons. The second kappa shape index (κ2) is 3.78. The van der Waals surface area contributed by atoms with Gasteiger partial charge in [-0.2, -0.15) is 13.2 Å². The van der Waals surface area contributed by atoms with Crippen molar-refractivity contribution in [2.75, 3.05) is 0 Å². The van der Waals surface area contributed by atoms with Gasteiger partial charge in [0.25, 0.3) is 0 Å². The summed E-state index contributed by atoms with van der Waals surface area (Å²) in [7, 11) is 0. The lowest BCUT2D eigenvalue weighted by Gasteiger charge is -2.20. The summed E-state index contributed by atoms with van der Waals surface area (Å²) in [6.07, 6.45) is -4.54. The summed E-state index contributed by atoms with van der Waals surface area (Å²) in [6, 6.07) is 0. The van der Waals surface area contributed by atoms with Gasteiger partial charge in [0, 0.05) is 0 Å². The van der Waals surface area contributed by atoms with E-state index in [0.29, 0.717) is 0 Å². The molecule has 1 N–H and O–H groups in total. The Balaban J connectivity index is 4.42. The molecule has 0 aromatic heterocycles. The Bertz CT molecular complexity index is 165. The largest absolute Gasteiger partial charge is 0.481 e. The Morgan fingerprint density at radius 2 is 1.92 bits per heavy atom. The third-order valence-corrected chi connectivity index (χ3v) is 1.68. The molecule has 0 spiro atoms. The molecule has 12 heavy (non-hydrogen) atoms. The maximum atomic E-state index is 11.9. The van der Waals surface area contributed by atoms with Crippen LogP contribution in [0.3, 0.4) is 0 Å². The van der Waals surface area contributed by atoms with E-state index in [1.165, 1.54) is 6.92 Å². The highest BCUT2D eigenvalue weighted by Gasteiger charge is 2.44. The first-order chi connectivity index (χ1) is 5.30. The summed E-state index contributed by atoms with van der Waals surface area (Å²) in [6.45, 7) is 2.22. The van der Waals surface area contributed by atoms with Crippen molar-refractivity contribution in [1.29, 1.82) is 0 Å². The van der Waals surface area contributed by atoms with E-state index in [4.69, 9.17) is 5.11 Å². The van der Waals surface area contributed by atoms with E-state index in [-0.39, 0.29) is 6.42 Å². The minimum Gasteiger partial charge on any atom is -0.481 e. The van der Waals surface area contributed by atoms with Crippen LogP contribution in [-0.2, 0) is 4.79 Å². The first-order valence-corrected chi connectivity index (χ1v) is 3.44. The number of carboxylic acids is 1. The van der Waals surface area contributed by atoms with Gasteiger partial charge >= 0.3 is 12.1 Å². The van der Waals surface area contributed by atoms with Crippen molar-refractivity contribution in [2.24, 2.45) is 5.92 Å². The Labute approximate surface area is 68.4 Å². The third kappa shape index (κ3) is 2.71. The van der Waals surface area contributed by atoms with Crippen LogP contribution in [0.2, 0.25) is 0 Å². The Morgan fingerprint density at radius 1 is 1.50 bits per heavy atom. The van der Waals surface area contributed by atoms with Crippen molar-refractivity contribution < 1.29 is 23.1 Å². The first kappa shape index (κ1) is 11.3. The maximum Gasteiger partial charge on any atom is 0.395 e. The van der Waals surface area contributed by atoms with Crippen molar-refractivity contribution in [3.8, 4) is 0 Å². The zero-order valence-corrected chi connectivity index (χ0v) is 6.77. The van der Waals surface area contributed by atoms with Gasteiger partial charge in [-0.05, 0) is 13.3 Å². The monoisotopic (exact) mass is 183 g/mol. The van der Waals surface area contributed by atoms with E-state index in [1.807, 2.05) is 0 Å². The van der Waals surface area contributed by atoms with Gasteiger partial charge in [0.05, 0.1) is 11.8 Å². The lowest BCUT2D eigenvalue weighted by atomic mass is 9.91. The highest BCUT2D eigenvalue weighted by Crippen LogP contribution is 2.35. The molecule has 0 aromatic rings. The predicted octanol–water partition coefficient (Wildman–Crippen LogP) is 2.25. The molecule has 0 saturated carbocycles. The van der Waals surface area contributed by atoms with E-state index in [9.17, 15) is 18.0 Å². The summed E-state index contributed by atoms with van der Waals surface area (Å²) in [5.41, 5.74) is 0. The zero-order chi connectivity index (χ0) is 9.94. The molecule has 0 rings (SSSR count). The average Bonchev–Trinajstić information content (AvgIpc) is 1.86. The molecule has 0 heterocycles. The standard InChI is InChI=1S/C7H10F3O2/c1-3-5(6(11)12)4(2)7(8,9)10/h5H,3H2,1-2H3,(H,11,12). The first-order valence-electron chi connectivity index (χ1n) is 3.44.